The molecule has 0 radical (unpaired) electrons. The number of pyridine rings is 1. The molecule has 0 aliphatic heterocycles. The van der Waals surface area contributed by atoms with E-state index >= 15 is 0 Å². The average molecular weight is 288 g/mol. The van der Waals surface area contributed by atoms with Crippen molar-refractivity contribution < 1.29 is 0 Å². The van der Waals surface area contributed by atoms with Gasteiger partial charge in [-0.15, -0.1) is 0 Å². The molecule has 0 aliphatic carbocycles. The van der Waals surface area contributed by atoms with E-state index < -0.39 is 0 Å². The molecule has 0 saturated carbocycles. The molecule has 0 aliphatic rings. The zero-order chi connectivity index (χ0) is 15.3. The van der Waals surface area contributed by atoms with Crippen LogP contribution in [0.25, 0.3) is 32.4 Å². The smallest absolute Gasteiger partial charge is 0.190 e. The molecule has 3 heteroatoms. The minimum atomic E-state index is 0.0639. The van der Waals surface area contributed by atoms with E-state index in [4.69, 9.17) is 0 Å². The Kier molecular flexibility index (Phi) is 2.70. The summed E-state index contributed by atoms with van der Waals surface area (Å²) in [5.74, 6) is 0. The number of fused-ring (bicyclic) bond motifs is 4. The second-order valence-corrected chi connectivity index (χ2v) is 5.75. The molecule has 1 heterocycles. The van der Waals surface area contributed by atoms with Gasteiger partial charge in [0.15, 0.2) is 5.43 Å². The van der Waals surface area contributed by atoms with Gasteiger partial charge < -0.3 is 5.01 Å². The van der Waals surface area contributed by atoms with Gasteiger partial charge in [0.25, 0.3) is 0 Å². The van der Waals surface area contributed by atoms with Gasteiger partial charge in [-0.25, -0.2) is 0 Å². The van der Waals surface area contributed by atoms with Crippen molar-refractivity contribution >= 4 is 32.4 Å². The quantitative estimate of drug-likeness (QED) is 0.395. The molecule has 1 aromatic heterocycles. The highest BCUT2D eigenvalue weighted by Gasteiger charge is 2.09. The molecule has 0 N–H and O–H groups in total. The maximum Gasteiger partial charge on any atom is 0.190 e. The van der Waals surface area contributed by atoms with Crippen molar-refractivity contribution in [2.45, 2.75) is 0 Å². The maximum atomic E-state index is 12.5. The van der Waals surface area contributed by atoms with Crippen molar-refractivity contribution in [2.24, 2.45) is 0 Å². The number of hydrogen-bond donors (Lipinski definition) is 0. The zero-order valence-corrected chi connectivity index (χ0v) is 12.6. The minimum absolute atomic E-state index is 0.0639. The first-order chi connectivity index (χ1) is 10.6. The number of nitrogens with zero attached hydrogens (tertiary/aromatic N) is 2. The molecule has 0 atom stereocenters. The summed E-state index contributed by atoms with van der Waals surface area (Å²) in [6, 6.07) is 18.3. The van der Waals surface area contributed by atoms with Gasteiger partial charge in [-0.3, -0.25) is 9.47 Å². The fourth-order valence-corrected chi connectivity index (χ4v) is 3.10. The predicted octanol–water partition coefficient (Wildman–Crippen LogP) is 3.51. The van der Waals surface area contributed by atoms with Gasteiger partial charge in [0.2, 0.25) is 0 Å². The SMILES string of the molecule is CN(C)n1ccc(=O)c2c3cc4ccccc4cc3ccc21. The van der Waals surface area contributed by atoms with Gasteiger partial charge >= 0.3 is 0 Å². The molecule has 0 saturated heterocycles. The van der Waals surface area contributed by atoms with Gasteiger partial charge in [0.1, 0.15) is 0 Å². The van der Waals surface area contributed by atoms with Crippen LogP contribution >= 0.6 is 0 Å². The molecule has 0 bridgehead atoms. The Morgan fingerprint density at radius 2 is 1.59 bits per heavy atom. The van der Waals surface area contributed by atoms with E-state index in [0.717, 1.165) is 27.1 Å². The third kappa shape index (κ3) is 1.79. The van der Waals surface area contributed by atoms with E-state index in [-0.39, 0.29) is 5.43 Å². The Morgan fingerprint density at radius 3 is 2.32 bits per heavy atom. The van der Waals surface area contributed by atoms with Crippen LogP contribution in [0.4, 0.5) is 0 Å². The van der Waals surface area contributed by atoms with Gasteiger partial charge in [-0.1, -0.05) is 30.3 Å². The summed E-state index contributed by atoms with van der Waals surface area (Å²) in [6.07, 6.45) is 1.82. The van der Waals surface area contributed by atoms with Crippen LogP contribution in [-0.4, -0.2) is 18.8 Å². The lowest BCUT2D eigenvalue weighted by molar-refractivity contribution is 0.754. The van der Waals surface area contributed by atoms with Crippen LogP contribution in [0.5, 0.6) is 0 Å². The van der Waals surface area contributed by atoms with Crippen LogP contribution in [0.15, 0.2) is 65.6 Å². The van der Waals surface area contributed by atoms with Crippen LogP contribution in [-0.2, 0) is 0 Å². The van der Waals surface area contributed by atoms with Crippen molar-refractivity contribution in [2.75, 3.05) is 19.1 Å². The summed E-state index contributed by atoms with van der Waals surface area (Å²) in [5.41, 5.74) is 0.995. The lowest BCUT2D eigenvalue weighted by atomic mass is 10.00. The molecule has 22 heavy (non-hydrogen) atoms. The highest BCUT2D eigenvalue weighted by molar-refractivity contribution is 6.11. The van der Waals surface area contributed by atoms with Crippen LogP contribution < -0.4 is 10.4 Å². The first-order valence-electron chi connectivity index (χ1n) is 7.30. The molecule has 0 unspecified atom stereocenters. The molecule has 0 fully saturated rings. The normalized spacial score (nSPS) is 11.4. The van der Waals surface area contributed by atoms with Gasteiger partial charge in [0, 0.05) is 26.4 Å². The maximum absolute atomic E-state index is 12.5. The molecule has 3 aromatic carbocycles. The van der Waals surface area contributed by atoms with Gasteiger partial charge in [-0.05, 0) is 39.7 Å². The molecule has 0 spiro atoms. The Labute approximate surface area is 128 Å². The molecule has 4 rings (SSSR count). The van der Waals surface area contributed by atoms with E-state index in [1.807, 2.05) is 48.2 Å². The monoisotopic (exact) mass is 288 g/mol. The van der Waals surface area contributed by atoms with E-state index in [2.05, 4.69) is 30.3 Å². The van der Waals surface area contributed by atoms with Crippen molar-refractivity contribution in [3.8, 4) is 0 Å². The van der Waals surface area contributed by atoms with Crippen LogP contribution in [0.1, 0.15) is 0 Å². The molecule has 4 aromatic rings. The Bertz CT molecular complexity index is 1080. The van der Waals surface area contributed by atoms with Gasteiger partial charge in [-0.2, -0.15) is 0 Å². The van der Waals surface area contributed by atoms with E-state index in [1.54, 1.807) is 6.07 Å². The topological polar surface area (TPSA) is 25.2 Å². The minimum Gasteiger partial charge on any atom is -0.319 e. The van der Waals surface area contributed by atoms with Crippen molar-refractivity contribution in [3.63, 3.8) is 0 Å². The fraction of sp³-hybridized carbons (Fsp3) is 0.105. The summed E-state index contributed by atoms with van der Waals surface area (Å²) in [7, 11) is 3.93. The average Bonchev–Trinajstić information content (AvgIpc) is 2.52. The second kappa shape index (κ2) is 4.60. The Balaban J connectivity index is 2.25. The van der Waals surface area contributed by atoms with Gasteiger partial charge in [0.05, 0.1) is 10.9 Å². The third-order valence-electron chi connectivity index (χ3n) is 4.16. The lowest BCUT2D eigenvalue weighted by Crippen LogP contribution is -2.26. The summed E-state index contributed by atoms with van der Waals surface area (Å²) in [5, 5.41) is 7.20. The molecule has 0 amide bonds. The van der Waals surface area contributed by atoms with Crippen molar-refractivity contribution in [1.82, 2.24) is 4.68 Å². The van der Waals surface area contributed by atoms with Crippen LogP contribution in [0.3, 0.4) is 0 Å². The van der Waals surface area contributed by atoms with Crippen molar-refractivity contribution in [1.29, 1.82) is 0 Å². The lowest BCUT2D eigenvalue weighted by Gasteiger charge is -2.20. The highest BCUT2D eigenvalue weighted by Crippen LogP contribution is 2.27. The summed E-state index contributed by atoms with van der Waals surface area (Å²) in [4.78, 5) is 12.5. The number of benzene rings is 3. The van der Waals surface area contributed by atoms with E-state index in [9.17, 15) is 4.79 Å². The molecular weight excluding hydrogens is 272 g/mol. The third-order valence-corrected chi connectivity index (χ3v) is 4.16. The largest absolute Gasteiger partial charge is 0.319 e. The van der Waals surface area contributed by atoms with E-state index in [1.165, 1.54) is 5.39 Å². The van der Waals surface area contributed by atoms with E-state index in [0.29, 0.717) is 0 Å². The van der Waals surface area contributed by atoms with Crippen LogP contribution in [0.2, 0.25) is 0 Å². The summed E-state index contributed by atoms with van der Waals surface area (Å²) in [6.45, 7) is 0. The molecular formula is C19H16N2O. The summed E-state index contributed by atoms with van der Waals surface area (Å²) < 4.78 is 1.99. The van der Waals surface area contributed by atoms with Crippen LogP contribution in [0, 0.1) is 0 Å². The molecule has 108 valence electrons. The highest BCUT2D eigenvalue weighted by atomic mass is 16.1. The number of hydrogen-bond acceptors (Lipinski definition) is 2. The standard InChI is InChI=1S/C19H16N2O/c1-20(2)21-10-9-18(22)19-16-12-14-6-4-3-5-13(14)11-15(16)7-8-17(19)21/h3-12H,1-2H3. The Morgan fingerprint density at radius 1 is 0.864 bits per heavy atom. The molecule has 3 nitrogen and oxygen atoms in total. The fourth-order valence-electron chi connectivity index (χ4n) is 3.10. The number of aromatic nitrogens is 1. The Hall–Kier alpha value is -2.81. The first kappa shape index (κ1) is 12.9. The van der Waals surface area contributed by atoms with Crippen molar-refractivity contribution in [3.05, 3.63) is 71.0 Å². The zero-order valence-electron chi connectivity index (χ0n) is 12.6. The number of rotatable bonds is 1. The predicted molar refractivity (Wildman–Crippen MR) is 93.3 cm³/mol. The summed E-state index contributed by atoms with van der Waals surface area (Å²) >= 11 is 0. The first-order valence-corrected chi connectivity index (χ1v) is 7.30. The second-order valence-electron chi connectivity index (χ2n) is 5.75.